The van der Waals surface area contributed by atoms with Gasteiger partial charge in [-0.3, -0.25) is 9.20 Å². The minimum Gasteiger partial charge on any atom is -0.343 e. The molecular formula is C21H25N3OS. The Morgan fingerprint density at radius 1 is 1.23 bits per heavy atom. The first kappa shape index (κ1) is 17.3. The van der Waals surface area contributed by atoms with Gasteiger partial charge in [0.1, 0.15) is 10.7 Å². The molecule has 4 rings (SSSR count). The summed E-state index contributed by atoms with van der Waals surface area (Å²) in [6.07, 6.45) is 5.47. The molecule has 2 aromatic heterocycles. The minimum absolute atomic E-state index is 0.0561. The summed E-state index contributed by atoms with van der Waals surface area (Å²) in [6, 6.07) is 10.3. The largest absolute Gasteiger partial charge is 0.343 e. The number of hydrogen-bond donors (Lipinski definition) is 0. The standard InChI is InChI=1S/C21H25N3OS/c1-16-22-19(20-24(16)14-15-26-20)21(2)10-12-23(13-11-21)18(25)9-8-17-6-4-3-5-7-17/h3-7,14-15H,8-13H2,1-2H3. The van der Waals surface area contributed by atoms with Gasteiger partial charge < -0.3 is 4.90 Å². The molecule has 0 saturated carbocycles. The predicted octanol–water partition coefficient (Wildman–Crippen LogP) is 4.22. The van der Waals surface area contributed by atoms with E-state index < -0.39 is 0 Å². The summed E-state index contributed by atoms with van der Waals surface area (Å²) in [5.41, 5.74) is 2.50. The first-order chi connectivity index (χ1) is 12.6. The molecule has 0 unspecified atom stereocenters. The molecule has 136 valence electrons. The van der Waals surface area contributed by atoms with Gasteiger partial charge in [-0.1, -0.05) is 37.3 Å². The highest BCUT2D eigenvalue weighted by Crippen LogP contribution is 2.38. The van der Waals surface area contributed by atoms with Crippen LogP contribution in [0.1, 0.15) is 43.3 Å². The number of rotatable bonds is 4. The molecule has 0 radical (unpaired) electrons. The van der Waals surface area contributed by atoms with Crippen molar-refractivity contribution in [2.45, 2.75) is 44.9 Å². The van der Waals surface area contributed by atoms with Crippen LogP contribution in [0.3, 0.4) is 0 Å². The number of aromatic nitrogens is 2. The number of likely N-dealkylation sites (tertiary alicyclic amines) is 1. The molecule has 0 aliphatic carbocycles. The van der Waals surface area contributed by atoms with E-state index in [-0.39, 0.29) is 11.3 Å². The average molecular weight is 368 g/mol. The van der Waals surface area contributed by atoms with Crippen molar-refractivity contribution in [2.24, 2.45) is 0 Å². The second kappa shape index (κ2) is 6.88. The molecule has 0 atom stereocenters. The Morgan fingerprint density at radius 3 is 2.69 bits per heavy atom. The molecule has 0 spiro atoms. The van der Waals surface area contributed by atoms with E-state index in [9.17, 15) is 4.79 Å². The van der Waals surface area contributed by atoms with Crippen LogP contribution >= 0.6 is 11.3 Å². The number of piperidine rings is 1. The Labute approximate surface area is 158 Å². The van der Waals surface area contributed by atoms with Crippen LogP contribution in [0.2, 0.25) is 0 Å². The lowest BCUT2D eigenvalue weighted by atomic mass is 9.77. The molecule has 1 amide bonds. The zero-order chi connectivity index (χ0) is 18.1. The number of benzene rings is 1. The molecule has 3 aromatic rings. The van der Waals surface area contributed by atoms with E-state index >= 15 is 0 Å². The van der Waals surface area contributed by atoms with Crippen molar-refractivity contribution >= 4 is 22.1 Å². The number of imidazole rings is 1. The van der Waals surface area contributed by atoms with E-state index in [4.69, 9.17) is 4.98 Å². The quantitative estimate of drug-likeness (QED) is 0.692. The van der Waals surface area contributed by atoms with Gasteiger partial charge in [0.2, 0.25) is 5.91 Å². The molecule has 4 nitrogen and oxygen atoms in total. The normalized spacial score (nSPS) is 16.9. The molecular weight excluding hydrogens is 342 g/mol. The minimum atomic E-state index is 0.0561. The van der Waals surface area contributed by atoms with Gasteiger partial charge >= 0.3 is 0 Å². The van der Waals surface area contributed by atoms with Crippen LogP contribution in [0.4, 0.5) is 0 Å². The maximum Gasteiger partial charge on any atom is 0.222 e. The number of nitrogens with zero attached hydrogens (tertiary/aromatic N) is 3. The highest BCUT2D eigenvalue weighted by molar-refractivity contribution is 7.15. The predicted molar refractivity (Wildman–Crippen MR) is 106 cm³/mol. The third kappa shape index (κ3) is 3.16. The van der Waals surface area contributed by atoms with Crippen LogP contribution in [-0.4, -0.2) is 33.3 Å². The summed E-state index contributed by atoms with van der Waals surface area (Å²) in [5.74, 6) is 1.33. The summed E-state index contributed by atoms with van der Waals surface area (Å²) in [7, 11) is 0. The molecule has 0 N–H and O–H groups in total. The number of amides is 1. The van der Waals surface area contributed by atoms with Gasteiger partial charge in [0.15, 0.2) is 0 Å². The number of aryl methyl sites for hydroxylation is 2. The van der Waals surface area contributed by atoms with Gasteiger partial charge in [0.25, 0.3) is 0 Å². The highest BCUT2D eigenvalue weighted by atomic mass is 32.1. The lowest BCUT2D eigenvalue weighted by Gasteiger charge is -2.38. The van der Waals surface area contributed by atoms with Gasteiger partial charge in [0, 0.05) is 36.5 Å². The van der Waals surface area contributed by atoms with E-state index in [0.717, 1.165) is 38.2 Å². The third-order valence-corrected chi connectivity index (χ3v) is 6.57. The van der Waals surface area contributed by atoms with Gasteiger partial charge in [-0.25, -0.2) is 4.98 Å². The molecule has 26 heavy (non-hydrogen) atoms. The van der Waals surface area contributed by atoms with Crippen molar-refractivity contribution < 1.29 is 4.79 Å². The Balaban J connectivity index is 1.40. The SMILES string of the molecule is Cc1nc(C2(C)CCN(C(=O)CCc3ccccc3)CC2)c2sccn12. The van der Waals surface area contributed by atoms with Gasteiger partial charge in [0.05, 0.1) is 5.69 Å². The number of thiazole rings is 1. The van der Waals surface area contributed by atoms with Crippen molar-refractivity contribution in [3.05, 3.63) is 59.0 Å². The maximum atomic E-state index is 12.6. The van der Waals surface area contributed by atoms with Crippen LogP contribution < -0.4 is 0 Å². The first-order valence-corrected chi connectivity index (χ1v) is 10.2. The number of carbonyl (C=O) groups excluding carboxylic acids is 1. The smallest absolute Gasteiger partial charge is 0.222 e. The van der Waals surface area contributed by atoms with E-state index in [0.29, 0.717) is 6.42 Å². The van der Waals surface area contributed by atoms with Crippen molar-refractivity contribution in [3.63, 3.8) is 0 Å². The fourth-order valence-electron chi connectivity index (χ4n) is 3.90. The fourth-order valence-corrected chi connectivity index (χ4v) is 4.92. The van der Waals surface area contributed by atoms with Crippen LogP contribution in [0.25, 0.3) is 4.83 Å². The monoisotopic (exact) mass is 367 g/mol. The number of hydrogen-bond acceptors (Lipinski definition) is 3. The molecule has 1 aliphatic heterocycles. The van der Waals surface area contributed by atoms with E-state index in [1.807, 2.05) is 23.1 Å². The molecule has 1 aliphatic rings. The van der Waals surface area contributed by atoms with Crippen molar-refractivity contribution in [2.75, 3.05) is 13.1 Å². The third-order valence-electron chi connectivity index (χ3n) is 5.69. The average Bonchev–Trinajstić information content (AvgIpc) is 3.25. The molecule has 3 heterocycles. The highest BCUT2D eigenvalue weighted by Gasteiger charge is 2.36. The Hall–Kier alpha value is -2.14. The van der Waals surface area contributed by atoms with E-state index in [1.165, 1.54) is 16.1 Å². The summed E-state index contributed by atoms with van der Waals surface area (Å²) >= 11 is 1.76. The van der Waals surface area contributed by atoms with Gasteiger partial charge in [-0.2, -0.15) is 0 Å². The summed E-state index contributed by atoms with van der Waals surface area (Å²) < 4.78 is 2.18. The van der Waals surface area contributed by atoms with Crippen LogP contribution in [-0.2, 0) is 16.6 Å². The second-order valence-corrected chi connectivity index (χ2v) is 8.41. The Morgan fingerprint density at radius 2 is 1.96 bits per heavy atom. The van der Waals surface area contributed by atoms with E-state index in [1.54, 1.807) is 11.3 Å². The Kier molecular flexibility index (Phi) is 4.57. The van der Waals surface area contributed by atoms with Crippen LogP contribution in [0.5, 0.6) is 0 Å². The molecule has 0 bridgehead atoms. The second-order valence-electron chi connectivity index (χ2n) is 7.51. The molecule has 1 saturated heterocycles. The summed E-state index contributed by atoms with van der Waals surface area (Å²) in [5, 5.41) is 2.12. The molecule has 1 aromatic carbocycles. The number of fused-ring (bicyclic) bond motifs is 1. The Bertz CT molecular complexity index is 904. The fraction of sp³-hybridized carbons (Fsp3) is 0.429. The van der Waals surface area contributed by atoms with Crippen LogP contribution in [0.15, 0.2) is 41.9 Å². The zero-order valence-electron chi connectivity index (χ0n) is 15.4. The van der Waals surface area contributed by atoms with Crippen molar-refractivity contribution in [1.29, 1.82) is 0 Å². The van der Waals surface area contributed by atoms with Crippen molar-refractivity contribution in [3.8, 4) is 0 Å². The lowest BCUT2D eigenvalue weighted by Crippen LogP contribution is -2.44. The van der Waals surface area contributed by atoms with Gasteiger partial charge in [-0.05, 0) is 31.7 Å². The number of carbonyl (C=O) groups is 1. The van der Waals surface area contributed by atoms with E-state index in [2.05, 4.69) is 42.0 Å². The zero-order valence-corrected chi connectivity index (χ0v) is 16.3. The molecule has 1 fully saturated rings. The van der Waals surface area contributed by atoms with Crippen molar-refractivity contribution in [1.82, 2.24) is 14.3 Å². The van der Waals surface area contributed by atoms with Crippen LogP contribution in [0, 0.1) is 6.92 Å². The van der Waals surface area contributed by atoms with Gasteiger partial charge in [-0.15, -0.1) is 11.3 Å². The molecule has 5 heteroatoms. The topological polar surface area (TPSA) is 37.6 Å². The first-order valence-electron chi connectivity index (χ1n) is 9.31. The lowest BCUT2D eigenvalue weighted by molar-refractivity contribution is -0.132. The maximum absolute atomic E-state index is 12.6. The summed E-state index contributed by atoms with van der Waals surface area (Å²) in [6.45, 7) is 6.02. The summed E-state index contributed by atoms with van der Waals surface area (Å²) in [4.78, 5) is 20.8.